The van der Waals surface area contributed by atoms with Crippen LogP contribution in [0.2, 0.25) is 0 Å². The topological polar surface area (TPSA) is 61.8 Å². The fraction of sp³-hybridized carbons (Fsp3) is 0.125. The van der Waals surface area contributed by atoms with Crippen LogP contribution in [0.4, 0.5) is 4.39 Å². The molecule has 0 saturated carbocycles. The van der Waals surface area contributed by atoms with E-state index in [-0.39, 0.29) is 23.0 Å². The number of carbonyl (C=O) groups is 2. The zero-order valence-electron chi connectivity index (χ0n) is 16.6. The standard InChI is InChI=1S/C24H20FN3O2S/c25-21-12-6-17(7-13-21)14-26-27-23(30)19-8-10-20(11-9-19)24-28(22(29)16-31-24)15-18-4-2-1-3-5-18/h1-14,24H,15-16H2,(H,27,30)/b26-14-/t24-/m0/s1. The van der Waals surface area contributed by atoms with Gasteiger partial charge in [0.1, 0.15) is 11.2 Å². The molecule has 0 aliphatic carbocycles. The minimum Gasteiger partial charge on any atom is -0.322 e. The van der Waals surface area contributed by atoms with Gasteiger partial charge in [0.15, 0.2) is 0 Å². The number of halogens is 1. The van der Waals surface area contributed by atoms with Gasteiger partial charge in [-0.2, -0.15) is 5.10 Å². The van der Waals surface area contributed by atoms with Crippen LogP contribution in [0, 0.1) is 5.82 Å². The summed E-state index contributed by atoms with van der Waals surface area (Å²) in [5, 5.41) is 3.83. The molecule has 0 radical (unpaired) electrons. The summed E-state index contributed by atoms with van der Waals surface area (Å²) in [5.74, 6) is -0.125. The number of rotatable bonds is 6. The molecule has 3 aromatic rings. The molecule has 0 aromatic heterocycles. The molecule has 5 nitrogen and oxygen atoms in total. The molecule has 2 amide bonds. The second-order valence-electron chi connectivity index (χ2n) is 7.04. The highest BCUT2D eigenvalue weighted by atomic mass is 32.2. The van der Waals surface area contributed by atoms with E-state index in [0.717, 1.165) is 11.1 Å². The summed E-state index contributed by atoms with van der Waals surface area (Å²) in [6.07, 6.45) is 1.45. The molecule has 1 N–H and O–H groups in total. The minimum atomic E-state index is -0.346. The number of hydrazone groups is 1. The second-order valence-corrected chi connectivity index (χ2v) is 8.11. The zero-order valence-corrected chi connectivity index (χ0v) is 17.4. The number of hydrogen-bond acceptors (Lipinski definition) is 4. The molecule has 7 heteroatoms. The average molecular weight is 434 g/mol. The van der Waals surface area contributed by atoms with Gasteiger partial charge in [-0.3, -0.25) is 9.59 Å². The molecule has 31 heavy (non-hydrogen) atoms. The molecule has 0 unspecified atom stereocenters. The molecule has 4 rings (SSSR count). The molecule has 1 fully saturated rings. The molecule has 1 aliphatic rings. The highest BCUT2D eigenvalue weighted by Gasteiger charge is 2.32. The van der Waals surface area contributed by atoms with Crippen molar-refractivity contribution in [2.24, 2.45) is 5.10 Å². The van der Waals surface area contributed by atoms with Crippen LogP contribution in [0.15, 0.2) is 84.0 Å². The molecule has 1 heterocycles. The van der Waals surface area contributed by atoms with Gasteiger partial charge in [-0.25, -0.2) is 9.82 Å². The summed E-state index contributed by atoms with van der Waals surface area (Å²) >= 11 is 1.58. The van der Waals surface area contributed by atoms with Gasteiger partial charge in [-0.15, -0.1) is 11.8 Å². The Balaban J connectivity index is 1.40. The van der Waals surface area contributed by atoms with Crippen LogP contribution in [0.1, 0.15) is 32.4 Å². The molecule has 156 valence electrons. The van der Waals surface area contributed by atoms with Crippen molar-refractivity contribution < 1.29 is 14.0 Å². The lowest BCUT2D eigenvalue weighted by atomic mass is 10.1. The Labute approximate surface area is 184 Å². The molecule has 1 saturated heterocycles. The van der Waals surface area contributed by atoms with Crippen molar-refractivity contribution in [3.63, 3.8) is 0 Å². The van der Waals surface area contributed by atoms with E-state index in [4.69, 9.17) is 0 Å². The maximum absolute atomic E-state index is 12.9. The van der Waals surface area contributed by atoms with Gasteiger partial charge in [0, 0.05) is 12.1 Å². The van der Waals surface area contributed by atoms with Crippen LogP contribution in [0.25, 0.3) is 0 Å². The first kappa shape index (κ1) is 20.8. The van der Waals surface area contributed by atoms with Crippen molar-refractivity contribution in [2.75, 3.05) is 5.75 Å². The van der Waals surface area contributed by atoms with Gasteiger partial charge in [0.2, 0.25) is 5.91 Å². The molecule has 0 bridgehead atoms. The van der Waals surface area contributed by atoms with E-state index in [2.05, 4.69) is 10.5 Å². The Hall–Kier alpha value is -3.45. The Morgan fingerprint density at radius 2 is 1.77 bits per heavy atom. The van der Waals surface area contributed by atoms with E-state index < -0.39 is 0 Å². The van der Waals surface area contributed by atoms with Gasteiger partial charge in [-0.1, -0.05) is 54.6 Å². The van der Waals surface area contributed by atoms with Gasteiger partial charge in [-0.05, 0) is 41.0 Å². The monoisotopic (exact) mass is 433 g/mol. The first-order valence-corrected chi connectivity index (χ1v) is 10.8. The van der Waals surface area contributed by atoms with Crippen LogP contribution >= 0.6 is 11.8 Å². The second kappa shape index (κ2) is 9.57. The molecule has 1 atom stereocenters. The van der Waals surface area contributed by atoms with Crippen LogP contribution in [-0.4, -0.2) is 28.7 Å². The highest BCUT2D eigenvalue weighted by molar-refractivity contribution is 8.00. The van der Waals surface area contributed by atoms with E-state index in [9.17, 15) is 14.0 Å². The first-order chi connectivity index (χ1) is 15.1. The third kappa shape index (κ3) is 5.19. The van der Waals surface area contributed by atoms with Crippen LogP contribution in [-0.2, 0) is 11.3 Å². The van der Waals surface area contributed by atoms with Crippen LogP contribution in [0.3, 0.4) is 0 Å². The summed E-state index contributed by atoms with van der Waals surface area (Å²) < 4.78 is 12.9. The summed E-state index contributed by atoms with van der Waals surface area (Å²) in [6.45, 7) is 0.553. The lowest BCUT2D eigenvalue weighted by Gasteiger charge is -2.24. The maximum Gasteiger partial charge on any atom is 0.271 e. The average Bonchev–Trinajstić information content (AvgIpc) is 3.16. The van der Waals surface area contributed by atoms with Crippen molar-refractivity contribution in [2.45, 2.75) is 11.9 Å². The number of nitrogens with one attached hydrogen (secondary N) is 1. The van der Waals surface area contributed by atoms with Gasteiger partial charge < -0.3 is 4.90 Å². The van der Waals surface area contributed by atoms with Gasteiger partial charge >= 0.3 is 0 Å². The zero-order chi connectivity index (χ0) is 21.6. The Bertz CT molecular complexity index is 1090. The van der Waals surface area contributed by atoms with Crippen molar-refractivity contribution >= 4 is 29.8 Å². The lowest BCUT2D eigenvalue weighted by Crippen LogP contribution is -2.27. The summed E-state index contributed by atoms with van der Waals surface area (Å²) in [6, 6.07) is 22.9. The van der Waals surface area contributed by atoms with Crippen molar-refractivity contribution in [1.82, 2.24) is 10.3 Å². The van der Waals surface area contributed by atoms with Crippen molar-refractivity contribution in [3.8, 4) is 0 Å². The minimum absolute atomic E-state index is 0.0821. The number of thioether (sulfide) groups is 1. The Kier molecular flexibility index (Phi) is 6.43. The van der Waals surface area contributed by atoms with Gasteiger partial charge in [0.05, 0.1) is 12.0 Å². The number of hydrogen-bond donors (Lipinski definition) is 1. The number of amides is 2. The van der Waals surface area contributed by atoms with Crippen molar-refractivity contribution in [1.29, 1.82) is 0 Å². The van der Waals surface area contributed by atoms with E-state index >= 15 is 0 Å². The number of carbonyl (C=O) groups excluding carboxylic acids is 2. The molecule has 3 aromatic carbocycles. The third-order valence-corrected chi connectivity index (χ3v) is 6.13. The Morgan fingerprint density at radius 1 is 1.06 bits per heavy atom. The molecular weight excluding hydrogens is 413 g/mol. The predicted molar refractivity (Wildman–Crippen MR) is 120 cm³/mol. The van der Waals surface area contributed by atoms with E-state index in [1.807, 2.05) is 47.4 Å². The van der Waals surface area contributed by atoms with E-state index in [0.29, 0.717) is 23.4 Å². The number of benzene rings is 3. The van der Waals surface area contributed by atoms with Crippen LogP contribution in [0.5, 0.6) is 0 Å². The van der Waals surface area contributed by atoms with Crippen LogP contribution < -0.4 is 5.43 Å². The molecular formula is C24H20FN3O2S. The largest absolute Gasteiger partial charge is 0.322 e. The summed E-state index contributed by atoms with van der Waals surface area (Å²) in [7, 11) is 0. The fourth-order valence-electron chi connectivity index (χ4n) is 3.26. The SMILES string of the molecule is O=C(N/N=C\c1ccc(F)cc1)c1ccc([C@@H]2SCC(=O)N2Cc2ccccc2)cc1. The van der Waals surface area contributed by atoms with E-state index in [1.54, 1.807) is 36.0 Å². The molecule has 1 aliphatic heterocycles. The van der Waals surface area contributed by atoms with Crippen molar-refractivity contribution in [3.05, 3.63) is 107 Å². The lowest BCUT2D eigenvalue weighted by molar-refractivity contribution is -0.128. The molecule has 0 spiro atoms. The summed E-state index contributed by atoms with van der Waals surface area (Å²) in [5.41, 5.74) is 5.66. The first-order valence-electron chi connectivity index (χ1n) is 9.74. The fourth-order valence-corrected chi connectivity index (χ4v) is 4.45. The Morgan fingerprint density at radius 3 is 2.48 bits per heavy atom. The summed E-state index contributed by atoms with van der Waals surface area (Å²) in [4.78, 5) is 26.6. The van der Waals surface area contributed by atoms with E-state index in [1.165, 1.54) is 18.3 Å². The van der Waals surface area contributed by atoms with Gasteiger partial charge in [0.25, 0.3) is 5.91 Å². The normalized spacial score (nSPS) is 16.1. The maximum atomic E-state index is 12.9. The number of nitrogens with zero attached hydrogens (tertiary/aromatic N) is 2. The smallest absolute Gasteiger partial charge is 0.271 e. The highest BCUT2D eigenvalue weighted by Crippen LogP contribution is 2.39. The third-order valence-electron chi connectivity index (χ3n) is 4.87. The quantitative estimate of drug-likeness (QED) is 0.464. The predicted octanol–water partition coefficient (Wildman–Crippen LogP) is 4.36.